The number of aromatic nitrogens is 1. The van der Waals surface area contributed by atoms with Gasteiger partial charge in [0.2, 0.25) is 11.8 Å². The summed E-state index contributed by atoms with van der Waals surface area (Å²) < 4.78 is 50.8. The molecule has 4 aliphatic rings. The Morgan fingerprint density at radius 3 is 2.45 bits per heavy atom. The summed E-state index contributed by atoms with van der Waals surface area (Å²) in [6.45, 7) is -0.473. The highest BCUT2D eigenvalue weighted by atomic mass is 32.2. The number of benzene rings is 3. The minimum Gasteiger partial charge on any atom is -0.497 e. The summed E-state index contributed by atoms with van der Waals surface area (Å²) >= 11 is 2.67. The van der Waals surface area contributed by atoms with Gasteiger partial charge in [-0.1, -0.05) is 35.6 Å². The number of rotatable bonds is 7. The highest BCUT2D eigenvalue weighted by Crippen LogP contribution is 2.69. The largest absolute Gasteiger partial charge is 0.497 e. The van der Waals surface area contributed by atoms with Crippen LogP contribution in [-0.2, 0) is 20.6 Å². The fourth-order valence-corrected chi connectivity index (χ4v) is 11.2. The second-order valence-electron chi connectivity index (χ2n) is 12.6. The zero-order valence-corrected chi connectivity index (χ0v) is 27.4. The van der Waals surface area contributed by atoms with E-state index in [1.54, 1.807) is 55.3 Å². The Bertz CT molecular complexity index is 2050. The number of hydrogen-bond donors (Lipinski definition) is 2. The van der Waals surface area contributed by atoms with Gasteiger partial charge >= 0.3 is 11.0 Å². The minimum atomic E-state index is -4.56. The van der Waals surface area contributed by atoms with Crippen molar-refractivity contribution in [2.45, 2.75) is 28.8 Å². The first kappa shape index (κ1) is 31.7. The molecule has 2 saturated carbocycles. The van der Waals surface area contributed by atoms with Crippen molar-refractivity contribution in [2.75, 3.05) is 23.9 Å². The van der Waals surface area contributed by atoms with Gasteiger partial charge in [-0.25, -0.2) is 0 Å². The number of H-pyrrole nitrogens is 1. The van der Waals surface area contributed by atoms with Crippen molar-refractivity contribution in [1.29, 1.82) is 0 Å². The minimum absolute atomic E-state index is 0.0124. The number of thiazole rings is 1. The van der Waals surface area contributed by atoms with Crippen molar-refractivity contribution in [1.82, 2.24) is 4.98 Å². The van der Waals surface area contributed by atoms with Crippen LogP contribution in [0.4, 0.5) is 24.5 Å². The van der Waals surface area contributed by atoms with Crippen molar-refractivity contribution >= 4 is 52.2 Å². The number of imide groups is 1. The van der Waals surface area contributed by atoms with Gasteiger partial charge in [-0.05, 0) is 72.7 Å². The Morgan fingerprint density at radius 2 is 1.71 bits per heavy atom. The number of carbonyl (C=O) groups is 3. The Kier molecular flexibility index (Phi) is 7.63. The van der Waals surface area contributed by atoms with Crippen LogP contribution >= 0.6 is 23.1 Å². The molecule has 0 unspecified atom stereocenters. The Hall–Kier alpha value is -4.56. The molecule has 4 aromatic rings. The first-order valence-corrected chi connectivity index (χ1v) is 17.3. The first-order valence-electron chi connectivity index (χ1n) is 15.6. The average Bonchev–Trinajstić information content (AvgIpc) is 3.82. The molecule has 3 heterocycles. The van der Waals surface area contributed by atoms with Gasteiger partial charge in [0, 0.05) is 27.3 Å². The number of halogens is 3. The van der Waals surface area contributed by atoms with E-state index in [1.165, 1.54) is 17.0 Å². The molecule has 0 radical (unpaired) electrons. The van der Waals surface area contributed by atoms with Gasteiger partial charge in [0.05, 0.1) is 35.2 Å². The molecule has 252 valence electrons. The summed E-state index contributed by atoms with van der Waals surface area (Å²) in [4.78, 5) is 58.4. The van der Waals surface area contributed by atoms with Crippen LogP contribution < -0.4 is 24.6 Å². The van der Waals surface area contributed by atoms with Crippen LogP contribution in [0.5, 0.6) is 11.5 Å². The molecule has 0 spiro atoms. The van der Waals surface area contributed by atoms with Gasteiger partial charge in [-0.2, -0.15) is 13.2 Å². The lowest BCUT2D eigenvalue weighted by Gasteiger charge is -2.43. The van der Waals surface area contributed by atoms with Crippen molar-refractivity contribution in [3.05, 3.63) is 98.5 Å². The number of nitrogens with one attached hydrogen (secondary N) is 2. The molecule has 2 bridgehead atoms. The van der Waals surface area contributed by atoms with E-state index in [1.807, 2.05) is 12.1 Å². The second-order valence-corrected chi connectivity index (χ2v) is 14.8. The number of fused-ring (bicyclic) bond motifs is 9. The fourth-order valence-electron chi connectivity index (χ4n) is 8.33. The average molecular weight is 708 g/mol. The van der Waals surface area contributed by atoms with Gasteiger partial charge in [-0.3, -0.25) is 24.1 Å². The predicted octanol–water partition coefficient (Wildman–Crippen LogP) is 6.16. The third-order valence-electron chi connectivity index (χ3n) is 10.1. The molecule has 9 nitrogen and oxygen atoms in total. The normalized spacial score (nSPS) is 26.7. The second kappa shape index (κ2) is 11.8. The SMILES string of the molecule is COc1ccc(N2C(=O)[C@H]3[C@H]4C[C@@H]([C@@H]3C2=O)[C@@H]2[C@H](c3ccccc3OCC(=O)Nc3cccc(C(F)(F)F)c3)c3sc(=O)[nH]c3S[C@H]42)cc1. The number of methoxy groups -OCH3 is 1. The molecule has 3 fully saturated rings. The van der Waals surface area contributed by atoms with E-state index in [2.05, 4.69) is 10.3 Å². The van der Waals surface area contributed by atoms with E-state index in [0.717, 1.165) is 38.9 Å². The maximum Gasteiger partial charge on any atom is 0.416 e. The van der Waals surface area contributed by atoms with E-state index in [4.69, 9.17) is 9.47 Å². The van der Waals surface area contributed by atoms with Crippen LogP contribution in [0.15, 0.2) is 82.6 Å². The molecule has 14 heteroatoms. The molecule has 2 aliphatic heterocycles. The summed E-state index contributed by atoms with van der Waals surface area (Å²) in [5.74, 6) is -1.74. The van der Waals surface area contributed by atoms with E-state index in [9.17, 15) is 32.3 Å². The van der Waals surface area contributed by atoms with Crippen LogP contribution in [0.25, 0.3) is 0 Å². The van der Waals surface area contributed by atoms with Crippen LogP contribution in [0.3, 0.4) is 0 Å². The van der Waals surface area contributed by atoms with E-state index in [-0.39, 0.29) is 51.3 Å². The van der Waals surface area contributed by atoms with E-state index >= 15 is 0 Å². The lowest BCUT2D eigenvalue weighted by atomic mass is 9.68. The zero-order chi connectivity index (χ0) is 34.2. The van der Waals surface area contributed by atoms with Crippen molar-refractivity contribution in [2.24, 2.45) is 29.6 Å². The lowest BCUT2D eigenvalue weighted by molar-refractivity contribution is -0.137. The molecule has 49 heavy (non-hydrogen) atoms. The number of thioether (sulfide) groups is 1. The first-order chi connectivity index (χ1) is 23.5. The molecule has 1 saturated heterocycles. The Morgan fingerprint density at radius 1 is 0.980 bits per heavy atom. The molecule has 2 N–H and O–H groups in total. The molecule has 7 atom stereocenters. The number of alkyl halides is 3. The summed E-state index contributed by atoms with van der Waals surface area (Å²) in [6.07, 6.45) is -3.86. The molecule has 8 rings (SSSR count). The number of hydrogen-bond acceptors (Lipinski definition) is 8. The Balaban J connectivity index is 1.09. The van der Waals surface area contributed by atoms with Crippen LogP contribution in [0.1, 0.15) is 28.3 Å². The number of carbonyl (C=O) groups excluding carboxylic acids is 3. The molecule has 3 aromatic carbocycles. The van der Waals surface area contributed by atoms with Gasteiger partial charge in [-0.15, -0.1) is 11.8 Å². The number of ether oxygens (including phenoxy) is 2. The fraction of sp³-hybridized carbons (Fsp3) is 0.314. The number of aromatic amines is 1. The number of para-hydroxylation sites is 1. The summed E-state index contributed by atoms with van der Waals surface area (Å²) in [6, 6.07) is 18.4. The van der Waals surface area contributed by atoms with Gasteiger partial charge in [0.25, 0.3) is 5.91 Å². The van der Waals surface area contributed by atoms with Gasteiger partial charge in [0.15, 0.2) is 6.61 Å². The van der Waals surface area contributed by atoms with E-state index in [0.29, 0.717) is 23.6 Å². The monoisotopic (exact) mass is 707 g/mol. The maximum atomic E-state index is 14.1. The van der Waals surface area contributed by atoms with E-state index < -0.39 is 36.1 Å². The third kappa shape index (κ3) is 5.23. The highest BCUT2D eigenvalue weighted by molar-refractivity contribution is 8.00. The van der Waals surface area contributed by atoms with Crippen LogP contribution in [0, 0.1) is 29.6 Å². The summed E-state index contributed by atoms with van der Waals surface area (Å²) in [5.41, 5.74) is 0.336. The topological polar surface area (TPSA) is 118 Å². The lowest BCUT2D eigenvalue weighted by Crippen LogP contribution is -2.42. The van der Waals surface area contributed by atoms with Gasteiger partial charge < -0.3 is 19.8 Å². The van der Waals surface area contributed by atoms with Crippen molar-refractivity contribution in [3.8, 4) is 11.5 Å². The standard InChI is InChI=1S/C35H28F3N3O6S2/c1-46-19-11-9-18(10-12-19)41-32(43)27-21-14-22(28(27)33(41)44)29-26(21)25(30-31(48-29)40-34(45)49-30)20-7-2-3-8-23(20)47-15-24(42)39-17-6-4-5-16(13-17)35(36,37)38/h2-13,21-22,25-29H,14-15H2,1H3,(H,39,42)(H,40,45)/t21-,22-,25+,26-,27+,28+,29-/m1/s1. The predicted molar refractivity (Wildman–Crippen MR) is 176 cm³/mol. The molecular weight excluding hydrogens is 680 g/mol. The molecular formula is C35H28F3N3O6S2. The molecule has 1 aromatic heterocycles. The highest BCUT2D eigenvalue weighted by Gasteiger charge is 2.69. The summed E-state index contributed by atoms with van der Waals surface area (Å²) in [5, 5.41) is 3.14. The molecule has 3 amide bonds. The summed E-state index contributed by atoms with van der Waals surface area (Å²) in [7, 11) is 1.55. The zero-order valence-electron chi connectivity index (χ0n) is 25.7. The van der Waals surface area contributed by atoms with Crippen molar-refractivity contribution in [3.63, 3.8) is 0 Å². The van der Waals surface area contributed by atoms with Gasteiger partial charge in [0.1, 0.15) is 11.5 Å². The quantitative estimate of drug-likeness (QED) is 0.221. The van der Waals surface area contributed by atoms with Crippen LogP contribution in [0.2, 0.25) is 0 Å². The van der Waals surface area contributed by atoms with Crippen molar-refractivity contribution < 1.29 is 37.0 Å². The number of nitrogens with zero attached hydrogens (tertiary/aromatic N) is 1. The van der Waals surface area contributed by atoms with Crippen LogP contribution in [-0.4, -0.2) is 41.7 Å². The number of anilines is 2. The smallest absolute Gasteiger partial charge is 0.416 e. The molecule has 2 aliphatic carbocycles. The maximum absolute atomic E-state index is 14.1. The Labute approximate surface area is 285 Å². The third-order valence-corrected chi connectivity index (χ3v) is 12.7. The number of amides is 3.